The zero-order valence-electron chi connectivity index (χ0n) is 15.2. The van der Waals surface area contributed by atoms with Gasteiger partial charge in [0.05, 0.1) is 11.8 Å². The minimum Gasteiger partial charge on any atom is -0.459 e. The highest BCUT2D eigenvalue weighted by Gasteiger charge is 2.10. The molecule has 0 radical (unpaired) electrons. The van der Waals surface area contributed by atoms with Crippen LogP contribution in [0.25, 0.3) is 16.7 Å². The molecule has 1 heterocycles. The van der Waals surface area contributed by atoms with E-state index in [0.717, 1.165) is 36.0 Å². The third-order valence-corrected chi connectivity index (χ3v) is 4.16. The molecular weight excluding hydrogens is 326 g/mol. The van der Waals surface area contributed by atoms with Gasteiger partial charge in [-0.05, 0) is 62.9 Å². The van der Waals surface area contributed by atoms with E-state index < -0.39 is 0 Å². The van der Waals surface area contributed by atoms with Gasteiger partial charge in [0.15, 0.2) is 0 Å². The highest BCUT2D eigenvalue weighted by molar-refractivity contribution is 5.87. The molecule has 0 aliphatic rings. The van der Waals surface area contributed by atoms with Crippen LogP contribution in [-0.2, 0) is 16.0 Å². The topological polar surface area (TPSA) is 57.0 Å². The Morgan fingerprint density at radius 2 is 1.85 bits per heavy atom. The van der Waals surface area contributed by atoms with Crippen molar-refractivity contribution < 1.29 is 9.53 Å². The molecule has 3 rings (SSSR count). The third-order valence-electron chi connectivity index (χ3n) is 4.16. The minimum absolute atomic E-state index is 0.111. The molecule has 26 heavy (non-hydrogen) atoms. The van der Waals surface area contributed by atoms with Gasteiger partial charge in [-0.15, -0.1) is 10.2 Å². The van der Waals surface area contributed by atoms with Crippen molar-refractivity contribution in [3.8, 4) is 5.69 Å². The lowest BCUT2D eigenvalue weighted by Crippen LogP contribution is -2.15. The SMILES string of the molecule is C=C(C)C(=O)OC(C)CCCc1cccc(-n2nc3ccccc3n2)c1. The maximum Gasteiger partial charge on any atom is 0.333 e. The quantitative estimate of drug-likeness (QED) is 0.473. The number of aryl methyl sites for hydroxylation is 1. The van der Waals surface area contributed by atoms with E-state index in [9.17, 15) is 4.79 Å². The van der Waals surface area contributed by atoms with Crippen LogP contribution >= 0.6 is 0 Å². The number of ether oxygens (including phenoxy) is 1. The standard InChI is InChI=1S/C21H23N3O2/c1-15(2)21(25)26-16(3)8-6-9-17-10-7-11-18(14-17)24-22-19-12-4-5-13-20(19)23-24/h4-5,7,10-14,16H,1,6,8-9H2,2-3H3. The van der Waals surface area contributed by atoms with Gasteiger partial charge in [0.25, 0.3) is 0 Å². The molecule has 0 saturated carbocycles. The van der Waals surface area contributed by atoms with Crippen molar-refractivity contribution in [2.75, 3.05) is 0 Å². The fourth-order valence-electron chi connectivity index (χ4n) is 2.75. The van der Waals surface area contributed by atoms with Crippen LogP contribution in [0.3, 0.4) is 0 Å². The van der Waals surface area contributed by atoms with Gasteiger partial charge < -0.3 is 4.74 Å². The summed E-state index contributed by atoms with van der Waals surface area (Å²) in [5.41, 5.74) is 4.35. The lowest BCUT2D eigenvalue weighted by Gasteiger charge is -2.13. The van der Waals surface area contributed by atoms with Crippen LogP contribution in [0, 0.1) is 0 Å². The molecule has 0 bridgehead atoms. The first kappa shape index (κ1) is 17.9. The third kappa shape index (κ3) is 4.36. The van der Waals surface area contributed by atoms with E-state index in [1.54, 1.807) is 11.7 Å². The molecular formula is C21H23N3O2. The molecule has 0 N–H and O–H groups in total. The van der Waals surface area contributed by atoms with Crippen LogP contribution in [-0.4, -0.2) is 27.1 Å². The van der Waals surface area contributed by atoms with Crippen molar-refractivity contribution in [1.29, 1.82) is 0 Å². The number of hydrogen-bond donors (Lipinski definition) is 0. The van der Waals surface area contributed by atoms with E-state index in [4.69, 9.17) is 4.74 Å². The Morgan fingerprint density at radius 3 is 2.50 bits per heavy atom. The van der Waals surface area contributed by atoms with Crippen molar-refractivity contribution >= 4 is 17.0 Å². The molecule has 0 fully saturated rings. The molecule has 1 unspecified atom stereocenters. The van der Waals surface area contributed by atoms with Gasteiger partial charge in [0.2, 0.25) is 0 Å². The van der Waals surface area contributed by atoms with Crippen LogP contribution in [0.1, 0.15) is 32.3 Å². The Labute approximate surface area is 153 Å². The van der Waals surface area contributed by atoms with Gasteiger partial charge in [0.1, 0.15) is 11.0 Å². The van der Waals surface area contributed by atoms with Gasteiger partial charge in [-0.1, -0.05) is 30.8 Å². The second-order valence-electron chi connectivity index (χ2n) is 6.54. The van der Waals surface area contributed by atoms with Crippen molar-refractivity contribution in [2.24, 2.45) is 0 Å². The summed E-state index contributed by atoms with van der Waals surface area (Å²) >= 11 is 0. The Kier molecular flexibility index (Phi) is 5.46. The molecule has 3 aromatic rings. The molecule has 0 spiro atoms. The number of esters is 1. The fourth-order valence-corrected chi connectivity index (χ4v) is 2.75. The Hall–Kier alpha value is -2.95. The number of carbonyl (C=O) groups excluding carboxylic acids is 1. The first-order chi connectivity index (χ1) is 12.5. The molecule has 0 amide bonds. The second kappa shape index (κ2) is 7.95. The summed E-state index contributed by atoms with van der Waals surface area (Å²) < 4.78 is 5.31. The zero-order chi connectivity index (χ0) is 18.5. The van der Waals surface area contributed by atoms with Crippen molar-refractivity contribution in [1.82, 2.24) is 15.0 Å². The van der Waals surface area contributed by atoms with E-state index >= 15 is 0 Å². The van der Waals surface area contributed by atoms with Crippen LogP contribution < -0.4 is 0 Å². The van der Waals surface area contributed by atoms with Gasteiger partial charge in [-0.25, -0.2) is 4.79 Å². The smallest absolute Gasteiger partial charge is 0.333 e. The molecule has 1 atom stereocenters. The molecule has 0 aliphatic heterocycles. The largest absolute Gasteiger partial charge is 0.459 e. The maximum absolute atomic E-state index is 11.5. The van der Waals surface area contributed by atoms with E-state index in [1.807, 2.05) is 43.3 Å². The summed E-state index contributed by atoms with van der Waals surface area (Å²) in [5, 5.41) is 9.04. The summed E-state index contributed by atoms with van der Waals surface area (Å²) in [6, 6.07) is 16.0. The Balaban J connectivity index is 1.61. The van der Waals surface area contributed by atoms with Gasteiger partial charge in [0, 0.05) is 5.57 Å². The summed E-state index contributed by atoms with van der Waals surface area (Å²) in [6.07, 6.45) is 2.54. The molecule has 5 heteroatoms. The lowest BCUT2D eigenvalue weighted by atomic mass is 10.1. The van der Waals surface area contributed by atoms with Crippen molar-refractivity contribution in [2.45, 2.75) is 39.2 Å². The first-order valence-electron chi connectivity index (χ1n) is 8.81. The van der Waals surface area contributed by atoms with Crippen LogP contribution in [0.2, 0.25) is 0 Å². The summed E-state index contributed by atoms with van der Waals surface area (Å²) in [6.45, 7) is 7.17. The van der Waals surface area contributed by atoms with E-state index in [-0.39, 0.29) is 12.1 Å². The van der Waals surface area contributed by atoms with Gasteiger partial charge >= 0.3 is 5.97 Å². The number of hydrogen-bond acceptors (Lipinski definition) is 4. The van der Waals surface area contributed by atoms with E-state index in [0.29, 0.717) is 5.57 Å². The molecule has 0 saturated heterocycles. The average Bonchev–Trinajstić information content (AvgIpc) is 3.06. The number of carbonyl (C=O) groups is 1. The summed E-state index contributed by atoms with van der Waals surface area (Å²) in [7, 11) is 0. The number of aromatic nitrogens is 3. The molecule has 2 aromatic carbocycles. The maximum atomic E-state index is 11.5. The summed E-state index contributed by atoms with van der Waals surface area (Å²) in [5.74, 6) is -0.323. The average molecular weight is 349 g/mol. The van der Waals surface area contributed by atoms with E-state index in [1.165, 1.54) is 5.56 Å². The zero-order valence-corrected chi connectivity index (χ0v) is 15.2. The van der Waals surface area contributed by atoms with Crippen molar-refractivity contribution in [3.63, 3.8) is 0 Å². The second-order valence-corrected chi connectivity index (χ2v) is 6.54. The monoisotopic (exact) mass is 349 g/mol. The van der Waals surface area contributed by atoms with Crippen molar-refractivity contribution in [3.05, 3.63) is 66.2 Å². The highest BCUT2D eigenvalue weighted by Crippen LogP contribution is 2.15. The molecule has 134 valence electrons. The fraction of sp³-hybridized carbons (Fsp3) is 0.286. The highest BCUT2D eigenvalue weighted by atomic mass is 16.5. The van der Waals surface area contributed by atoms with Crippen LogP contribution in [0.5, 0.6) is 0 Å². The number of nitrogens with zero attached hydrogens (tertiary/aromatic N) is 3. The predicted octanol–water partition coefficient (Wildman–Crippen LogP) is 4.25. The minimum atomic E-state index is -0.323. The number of benzene rings is 2. The summed E-state index contributed by atoms with van der Waals surface area (Å²) in [4.78, 5) is 13.2. The Bertz CT molecular complexity index is 897. The van der Waals surface area contributed by atoms with Gasteiger partial charge in [-0.2, -0.15) is 4.80 Å². The molecule has 0 aliphatic carbocycles. The van der Waals surface area contributed by atoms with Gasteiger partial charge in [-0.3, -0.25) is 0 Å². The predicted molar refractivity (Wildman–Crippen MR) is 102 cm³/mol. The van der Waals surface area contributed by atoms with E-state index in [2.05, 4.69) is 28.9 Å². The number of rotatable bonds is 7. The van der Waals surface area contributed by atoms with Crippen LogP contribution in [0.15, 0.2) is 60.7 Å². The van der Waals surface area contributed by atoms with Crippen LogP contribution in [0.4, 0.5) is 0 Å². The number of fused-ring (bicyclic) bond motifs is 1. The lowest BCUT2D eigenvalue weighted by molar-refractivity contribution is -0.143. The normalized spacial score (nSPS) is 12.1. The first-order valence-corrected chi connectivity index (χ1v) is 8.81. The Morgan fingerprint density at radius 1 is 1.15 bits per heavy atom. The molecule has 5 nitrogen and oxygen atoms in total. The molecule has 1 aromatic heterocycles.